The minimum atomic E-state index is -3.33. The van der Waals surface area contributed by atoms with Gasteiger partial charge in [0.25, 0.3) is 0 Å². The SMILES string of the molecule is CCS(=O)(=O)c1c(N)nsc1NC(C)C(C)C. The lowest BCUT2D eigenvalue weighted by Crippen LogP contribution is -2.22. The number of nitrogens with one attached hydrogen (secondary N) is 1. The number of aromatic nitrogens is 1. The van der Waals surface area contributed by atoms with Crippen LogP contribution in [0.4, 0.5) is 10.8 Å². The van der Waals surface area contributed by atoms with Crippen molar-refractivity contribution in [2.45, 2.75) is 38.6 Å². The summed E-state index contributed by atoms with van der Waals surface area (Å²) in [4.78, 5) is 0.150. The minimum absolute atomic E-state index is 0.0281. The average molecular weight is 277 g/mol. The highest BCUT2D eigenvalue weighted by Crippen LogP contribution is 2.33. The van der Waals surface area contributed by atoms with E-state index < -0.39 is 9.84 Å². The van der Waals surface area contributed by atoms with Gasteiger partial charge in [-0.3, -0.25) is 0 Å². The summed E-state index contributed by atoms with van der Waals surface area (Å²) in [5, 5.41) is 3.71. The van der Waals surface area contributed by atoms with Crippen LogP contribution in [0.3, 0.4) is 0 Å². The molecule has 0 saturated carbocycles. The van der Waals surface area contributed by atoms with Crippen LogP contribution in [0.15, 0.2) is 4.90 Å². The third-order valence-electron chi connectivity index (χ3n) is 2.72. The van der Waals surface area contributed by atoms with Crippen molar-refractivity contribution in [1.82, 2.24) is 4.37 Å². The molecule has 98 valence electrons. The molecule has 1 atom stereocenters. The first-order valence-corrected chi connectivity index (χ1v) is 7.96. The Bertz CT molecular complexity index is 480. The van der Waals surface area contributed by atoms with E-state index in [1.165, 1.54) is 0 Å². The van der Waals surface area contributed by atoms with Gasteiger partial charge in [-0.2, -0.15) is 4.37 Å². The highest BCUT2D eigenvalue weighted by atomic mass is 32.2. The van der Waals surface area contributed by atoms with E-state index in [1.54, 1.807) is 6.92 Å². The quantitative estimate of drug-likeness (QED) is 0.859. The highest BCUT2D eigenvalue weighted by molar-refractivity contribution is 7.91. The second-order valence-corrected chi connectivity index (χ2v) is 7.30. The number of anilines is 2. The third kappa shape index (κ3) is 3.10. The highest BCUT2D eigenvalue weighted by Gasteiger charge is 2.25. The normalized spacial score (nSPS) is 13.9. The maximum atomic E-state index is 11.9. The molecule has 0 aromatic carbocycles. The predicted octanol–water partition coefficient (Wildman–Crippen LogP) is 1.98. The Morgan fingerprint density at radius 2 is 2.00 bits per heavy atom. The fourth-order valence-electron chi connectivity index (χ4n) is 1.20. The van der Waals surface area contributed by atoms with Crippen molar-refractivity contribution in [1.29, 1.82) is 0 Å². The smallest absolute Gasteiger partial charge is 0.184 e. The predicted molar refractivity (Wildman–Crippen MR) is 72.2 cm³/mol. The molecule has 1 aromatic rings. The molecule has 0 fully saturated rings. The standard InChI is InChI=1S/C10H19N3O2S2/c1-5-17(14,15)8-9(11)13-16-10(8)12-7(4)6(2)3/h6-7,12H,5H2,1-4H3,(H2,11,13). The first kappa shape index (κ1) is 14.2. The Morgan fingerprint density at radius 3 is 2.47 bits per heavy atom. The van der Waals surface area contributed by atoms with Crippen LogP contribution in [-0.4, -0.2) is 24.6 Å². The molecule has 5 nitrogen and oxygen atoms in total. The molecule has 1 aromatic heterocycles. The molecule has 0 aliphatic carbocycles. The van der Waals surface area contributed by atoms with Gasteiger partial charge in [0.05, 0.1) is 5.75 Å². The number of nitrogen functional groups attached to an aromatic ring is 1. The number of rotatable bonds is 5. The van der Waals surface area contributed by atoms with Gasteiger partial charge in [-0.25, -0.2) is 8.42 Å². The number of nitrogens with zero attached hydrogens (tertiary/aromatic N) is 1. The van der Waals surface area contributed by atoms with E-state index >= 15 is 0 Å². The summed E-state index contributed by atoms with van der Waals surface area (Å²) in [5.41, 5.74) is 5.64. The largest absolute Gasteiger partial charge is 0.382 e. The van der Waals surface area contributed by atoms with Crippen molar-refractivity contribution < 1.29 is 8.42 Å². The van der Waals surface area contributed by atoms with Crippen LogP contribution in [0.5, 0.6) is 0 Å². The van der Waals surface area contributed by atoms with E-state index in [9.17, 15) is 8.42 Å². The van der Waals surface area contributed by atoms with Crippen molar-refractivity contribution in [3.63, 3.8) is 0 Å². The fourth-order valence-corrected chi connectivity index (χ4v) is 3.46. The molecular weight excluding hydrogens is 258 g/mol. The lowest BCUT2D eigenvalue weighted by molar-refractivity contribution is 0.559. The number of hydrogen-bond acceptors (Lipinski definition) is 6. The molecule has 0 aliphatic rings. The second-order valence-electron chi connectivity index (χ2n) is 4.31. The van der Waals surface area contributed by atoms with E-state index in [0.29, 0.717) is 10.9 Å². The monoisotopic (exact) mass is 277 g/mol. The molecule has 7 heteroatoms. The van der Waals surface area contributed by atoms with Gasteiger partial charge in [-0.05, 0) is 24.4 Å². The van der Waals surface area contributed by atoms with Gasteiger partial charge in [-0.1, -0.05) is 20.8 Å². The molecule has 1 rings (SSSR count). The summed E-state index contributed by atoms with van der Waals surface area (Å²) >= 11 is 1.10. The fraction of sp³-hybridized carbons (Fsp3) is 0.700. The number of nitrogens with two attached hydrogens (primary N) is 1. The van der Waals surface area contributed by atoms with Crippen LogP contribution < -0.4 is 11.1 Å². The summed E-state index contributed by atoms with van der Waals surface area (Å²) in [5.74, 6) is 0.520. The van der Waals surface area contributed by atoms with Crippen molar-refractivity contribution in [2.24, 2.45) is 5.92 Å². The molecule has 0 radical (unpaired) electrons. The molecule has 0 bridgehead atoms. The van der Waals surface area contributed by atoms with Crippen LogP contribution in [0.25, 0.3) is 0 Å². The van der Waals surface area contributed by atoms with Gasteiger partial charge in [-0.15, -0.1) is 0 Å². The maximum absolute atomic E-state index is 11.9. The van der Waals surface area contributed by atoms with Crippen LogP contribution >= 0.6 is 11.5 Å². The molecule has 0 spiro atoms. The molecule has 0 amide bonds. The van der Waals surface area contributed by atoms with E-state index in [4.69, 9.17) is 5.73 Å². The third-order valence-corrected chi connectivity index (χ3v) is 5.44. The van der Waals surface area contributed by atoms with Crippen molar-refractivity contribution in [3.05, 3.63) is 0 Å². The topological polar surface area (TPSA) is 85.1 Å². The first-order chi connectivity index (χ1) is 7.79. The van der Waals surface area contributed by atoms with Crippen LogP contribution in [-0.2, 0) is 9.84 Å². The van der Waals surface area contributed by atoms with Crippen molar-refractivity contribution in [3.8, 4) is 0 Å². The van der Waals surface area contributed by atoms with Gasteiger partial charge < -0.3 is 11.1 Å². The molecule has 0 saturated heterocycles. The summed E-state index contributed by atoms with van der Waals surface area (Å²) in [6.45, 7) is 7.73. The van der Waals surface area contributed by atoms with Gasteiger partial charge in [0.2, 0.25) is 0 Å². The summed E-state index contributed by atoms with van der Waals surface area (Å²) in [6, 6.07) is 0.167. The summed E-state index contributed by atoms with van der Waals surface area (Å²) in [6.07, 6.45) is 0. The van der Waals surface area contributed by atoms with E-state index in [0.717, 1.165) is 11.5 Å². The van der Waals surface area contributed by atoms with Crippen molar-refractivity contribution in [2.75, 3.05) is 16.8 Å². The molecule has 0 aliphatic heterocycles. The molecule has 1 unspecified atom stereocenters. The number of hydrogen-bond donors (Lipinski definition) is 2. The van der Waals surface area contributed by atoms with E-state index in [1.807, 2.05) is 6.92 Å². The average Bonchev–Trinajstić information content (AvgIpc) is 2.60. The minimum Gasteiger partial charge on any atom is -0.382 e. The van der Waals surface area contributed by atoms with Crippen LogP contribution in [0, 0.1) is 5.92 Å². The first-order valence-electron chi connectivity index (χ1n) is 5.54. The molecular formula is C10H19N3O2S2. The Balaban J connectivity index is 3.12. The lowest BCUT2D eigenvalue weighted by atomic mass is 10.1. The van der Waals surface area contributed by atoms with Gasteiger partial charge in [0, 0.05) is 6.04 Å². The molecule has 17 heavy (non-hydrogen) atoms. The Morgan fingerprint density at radius 1 is 1.41 bits per heavy atom. The lowest BCUT2D eigenvalue weighted by Gasteiger charge is -2.18. The number of sulfone groups is 1. The van der Waals surface area contributed by atoms with Crippen LogP contribution in [0.1, 0.15) is 27.7 Å². The molecule has 3 N–H and O–H groups in total. The second kappa shape index (κ2) is 5.22. The Hall–Kier alpha value is -0.820. The van der Waals surface area contributed by atoms with Crippen LogP contribution in [0.2, 0.25) is 0 Å². The Labute approximate surface area is 107 Å². The molecule has 1 heterocycles. The van der Waals surface area contributed by atoms with Gasteiger partial charge in [0.15, 0.2) is 15.7 Å². The van der Waals surface area contributed by atoms with E-state index in [2.05, 4.69) is 23.5 Å². The Kier molecular flexibility index (Phi) is 4.37. The summed E-state index contributed by atoms with van der Waals surface area (Å²) in [7, 11) is -3.33. The maximum Gasteiger partial charge on any atom is 0.184 e. The van der Waals surface area contributed by atoms with Gasteiger partial charge >= 0.3 is 0 Å². The van der Waals surface area contributed by atoms with Crippen molar-refractivity contribution >= 4 is 32.2 Å². The van der Waals surface area contributed by atoms with Gasteiger partial charge in [0.1, 0.15) is 9.90 Å². The zero-order valence-corrected chi connectivity index (χ0v) is 12.2. The van der Waals surface area contributed by atoms with E-state index in [-0.39, 0.29) is 22.5 Å². The zero-order chi connectivity index (χ0) is 13.2. The zero-order valence-electron chi connectivity index (χ0n) is 10.5. The summed E-state index contributed by atoms with van der Waals surface area (Å²) < 4.78 is 27.7.